The van der Waals surface area contributed by atoms with Crippen molar-refractivity contribution in [2.75, 3.05) is 26.2 Å². The van der Waals surface area contributed by atoms with E-state index in [0.29, 0.717) is 0 Å². The van der Waals surface area contributed by atoms with Crippen molar-refractivity contribution in [1.82, 2.24) is 20.1 Å². The summed E-state index contributed by atoms with van der Waals surface area (Å²) in [5.41, 5.74) is 5.25. The average molecular weight is 281 g/mol. The van der Waals surface area contributed by atoms with Crippen LogP contribution in [0.1, 0.15) is 25.2 Å². The van der Waals surface area contributed by atoms with Gasteiger partial charge in [0, 0.05) is 32.3 Å². The van der Waals surface area contributed by atoms with Gasteiger partial charge in [0.1, 0.15) is 0 Å². The van der Waals surface area contributed by atoms with Crippen LogP contribution in [0, 0.1) is 0 Å². The molecular formula is C14H27N5O. The largest absolute Gasteiger partial charge is 0.374 e. The summed E-state index contributed by atoms with van der Waals surface area (Å²) >= 11 is 0. The van der Waals surface area contributed by atoms with Crippen molar-refractivity contribution in [3.05, 3.63) is 17.5 Å². The van der Waals surface area contributed by atoms with E-state index < -0.39 is 0 Å². The molecule has 1 aliphatic rings. The summed E-state index contributed by atoms with van der Waals surface area (Å²) < 4.78 is 7.84. The number of hydrazine groups is 1. The molecular weight excluding hydrogens is 254 g/mol. The lowest BCUT2D eigenvalue weighted by molar-refractivity contribution is -0.0450. The van der Waals surface area contributed by atoms with Crippen LogP contribution in [0.3, 0.4) is 0 Å². The standard InChI is InChI=1S/C14H27N5O/c1-4-11-8-12(18(3)17-11)9-13(16-15)14-10-19(5-2)6-7-20-14/h8,13-14,16H,4-7,9-10,15H2,1-3H3. The van der Waals surface area contributed by atoms with Gasteiger partial charge in [0.2, 0.25) is 0 Å². The van der Waals surface area contributed by atoms with E-state index in [2.05, 4.69) is 35.3 Å². The van der Waals surface area contributed by atoms with Gasteiger partial charge in [-0.2, -0.15) is 5.10 Å². The van der Waals surface area contributed by atoms with E-state index in [-0.39, 0.29) is 12.1 Å². The smallest absolute Gasteiger partial charge is 0.0872 e. The topological polar surface area (TPSA) is 68.3 Å². The van der Waals surface area contributed by atoms with Gasteiger partial charge in [-0.1, -0.05) is 13.8 Å². The maximum Gasteiger partial charge on any atom is 0.0872 e. The van der Waals surface area contributed by atoms with Crippen LogP contribution >= 0.6 is 0 Å². The zero-order valence-corrected chi connectivity index (χ0v) is 12.8. The Bertz CT molecular complexity index is 420. The van der Waals surface area contributed by atoms with Crippen LogP contribution in [0.4, 0.5) is 0 Å². The third kappa shape index (κ3) is 3.58. The highest BCUT2D eigenvalue weighted by molar-refractivity contribution is 5.12. The Labute approximate surface area is 121 Å². The van der Waals surface area contributed by atoms with Crippen LogP contribution < -0.4 is 11.3 Å². The van der Waals surface area contributed by atoms with Gasteiger partial charge in [-0.25, -0.2) is 0 Å². The summed E-state index contributed by atoms with van der Waals surface area (Å²) in [6.07, 6.45) is 1.93. The average Bonchev–Trinajstić information content (AvgIpc) is 2.85. The second-order valence-corrected chi connectivity index (χ2v) is 5.38. The fraction of sp³-hybridized carbons (Fsp3) is 0.786. The maximum absolute atomic E-state index is 5.89. The van der Waals surface area contributed by atoms with Crippen molar-refractivity contribution in [3.63, 3.8) is 0 Å². The van der Waals surface area contributed by atoms with Gasteiger partial charge in [0.15, 0.2) is 0 Å². The van der Waals surface area contributed by atoms with Crippen LogP contribution in [-0.2, 0) is 24.6 Å². The van der Waals surface area contributed by atoms with Crippen molar-refractivity contribution in [1.29, 1.82) is 0 Å². The molecule has 2 unspecified atom stereocenters. The molecule has 6 nitrogen and oxygen atoms in total. The third-order valence-corrected chi connectivity index (χ3v) is 4.11. The van der Waals surface area contributed by atoms with Gasteiger partial charge in [-0.05, 0) is 19.0 Å². The predicted octanol–water partition coefficient (Wildman–Crippen LogP) is 0.0776. The number of morpholine rings is 1. The molecule has 1 fully saturated rings. The highest BCUT2D eigenvalue weighted by Gasteiger charge is 2.27. The van der Waals surface area contributed by atoms with E-state index in [1.807, 2.05) is 11.7 Å². The van der Waals surface area contributed by atoms with Crippen LogP contribution in [0.2, 0.25) is 0 Å². The lowest BCUT2D eigenvalue weighted by Gasteiger charge is -2.36. The molecule has 20 heavy (non-hydrogen) atoms. The number of nitrogens with one attached hydrogen (secondary N) is 1. The number of hydrogen-bond acceptors (Lipinski definition) is 5. The molecule has 0 bridgehead atoms. The molecule has 2 atom stereocenters. The summed E-state index contributed by atoms with van der Waals surface area (Å²) in [5, 5.41) is 4.49. The number of likely N-dealkylation sites (N-methyl/N-ethyl adjacent to an activating group) is 1. The Morgan fingerprint density at radius 2 is 2.35 bits per heavy atom. The Morgan fingerprint density at radius 3 is 2.95 bits per heavy atom. The number of nitrogens with two attached hydrogens (primary N) is 1. The van der Waals surface area contributed by atoms with Crippen molar-refractivity contribution in [3.8, 4) is 0 Å². The molecule has 3 N–H and O–H groups in total. The third-order valence-electron chi connectivity index (χ3n) is 4.11. The molecule has 0 radical (unpaired) electrons. The van der Waals surface area contributed by atoms with Crippen molar-refractivity contribution < 1.29 is 4.74 Å². The van der Waals surface area contributed by atoms with E-state index >= 15 is 0 Å². The summed E-state index contributed by atoms with van der Waals surface area (Å²) in [6.45, 7) is 8.08. The zero-order chi connectivity index (χ0) is 14.5. The first kappa shape index (κ1) is 15.4. The quantitative estimate of drug-likeness (QED) is 0.571. The first-order valence-corrected chi connectivity index (χ1v) is 7.49. The molecule has 6 heteroatoms. The minimum atomic E-state index is 0.115. The Balaban J connectivity index is 2.02. The zero-order valence-electron chi connectivity index (χ0n) is 12.8. The fourth-order valence-corrected chi connectivity index (χ4v) is 2.72. The first-order valence-electron chi connectivity index (χ1n) is 7.49. The van der Waals surface area contributed by atoms with Crippen molar-refractivity contribution in [2.45, 2.75) is 38.8 Å². The van der Waals surface area contributed by atoms with Crippen LogP contribution in [0.15, 0.2) is 6.07 Å². The lowest BCUT2D eigenvalue weighted by atomic mass is 10.0. The molecule has 0 aromatic carbocycles. The van der Waals surface area contributed by atoms with Crippen LogP contribution in [0.25, 0.3) is 0 Å². The Kier molecular flexibility index (Phi) is 5.54. The number of hydrogen-bond donors (Lipinski definition) is 2. The minimum Gasteiger partial charge on any atom is -0.374 e. The highest BCUT2D eigenvalue weighted by Crippen LogP contribution is 2.14. The Hall–Kier alpha value is -0.950. The van der Waals surface area contributed by atoms with Crippen LogP contribution in [0.5, 0.6) is 0 Å². The van der Waals surface area contributed by atoms with Crippen LogP contribution in [-0.4, -0.2) is 53.1 Å². The van der Waals surface area contributed by atoms with Gasteiger partial charge in [-0.3, -0.25) is 20.9 Å². The summed E-state index contributed by atoms with van der Waals surface area (Å²) in [5.74, 6) is 5.75. The summed E-state index contributed by atoms with van der Waals surface area (Å²) in [7, 11) is 1.99. The molecule has 1 aliphatic heterocycles. The second-order valence-electron chi connectivity index (χ2n) is 5.38. The van der Waals surface area contributed by atoms with Crippen molar-refractivity contribution in [2.24, 2.45) is 12.9 Å². The van der Waals surface area contributed by atoms with Crippen molar-refractivity contribution >= 4 is 0 Å². The summed E-state index contributed by atoms with van der Waals surface area (Å²) in [6, 6.07) is 2.27. The molecule has 1 aromatic rings. The van der Waals surface area contributed by atoms with E-state index in [1.165, 1.54) is 5.69 Å². The molecule has 1 aromatic heterocycles. The molecule has 2 heterocycles. The number of rotatable bonds is 6. The molecule has 0 spiro atoms. The SMILES string of the molecule is CCc1cc(CC(NN)C2CN(CC)CCO2)n(C)n1. The van der Waals surface area contributed by atoms with E-state index in [9.17, 15) is 0 Å². The number of nitrogens with zero attached hydrogens (tertiary/aromatic N) is 3. The number of ether oxygens (including phenoxy) is 1. The first-order chi connectivity index (χ1) is 9.67. The highest BCUT2D eigenvalue weighted by atomic mass is 16.5. The van der Waals surface area contributed by atoms with E-state index in [4.69, 9.17) is 10.6 Å². The van der Waals surface area contributed by atoms with Gasteiger partial charge < -0.3 is 4.74 Å². The monoisotopic (exact) mass is 281 g/mol. The number of aryl methyl sites for hydroxylation is 2. The lowest BCUT2D eigenvalue weighted by Crippen LogP contribution is -2.54. The van der Waals surface area contributed by atoms with E-state index in [1.54, 1.807) is 0 Å². The molecule has 2 rings (SSSR count). The molecule has 0 saturated carbocycles. The van der Waals surface area contributed by atoms with Gasteiger partial charge >= 0.3 is 0 Å². The minimum absolute atomic E-state index is 0.115. The van der Waals surface area contributed by atoms with E-state index in [0.717, 1.165) is 44.8 Å². The van der Waals surface area contributed by atoms with Gasteiger partial charge in [-0.15, -0.1) is 0 Å². The second kappa shape index (κ2) is 7.17. The van der Waals surface area contributed by atoms with Gasteiger partial charge in [0.05, 0.1) is 24.4 Å². The molecule has 114 valence electrons. The molecule has 0 amide bonds. The predicted molar refractivity (Wildman–Crippen MR) is 79.3 cm³/mol. The molecule has 0 aliphatic carbocycles. The summed E-state index contributed by atoms with van der Waals surface area (Å²) in [4.78, 5) is 2.40. The molecule has 1 saturated heterocycles. The normalized spacial score (nSPS) is 22.1. The Morgan fingerprint density at radius 1 is 1.55 bits per heavy atom. The number of aromatic nitrogens is 2. The fourth-order valence-electron chi connectivity index (χ4n) is 2.72. The van der Waals surface area contributed by atoms with Gasteiger partial charge in [0.25, 0.3) is 0 Å². The maximum atomic E-state index is 5.89.